The van der Waals surface area contributed by atoms with E-state index < -0.39 is 10.0 Å². The van der Waals surface area contributed by atoms with E-state index in [9.17, 15) is 8.42 Å². The number of hydrogen-bond donors (Lipinski definition) is 2. The lowest BCUT2D eigenvalue weighted by Crippen LogP contribution is -2.51. The number of benzene rings is 1. The molecule has 0 amide bonds. The topological polar surface area (TPSA) is 78.1 Å². The summed E-state index contributed by atoms with van der Waals surface area (Å²) in [6, 6.07) is 7.47. The van der Waals surface area contributed by atoms with Gasteiger partial charge in [-0.25, -0.2) is 13.4 Å². The number of piperazine rings is 1. The van der Waals surface area contributed by atoms with E-state index in [4.69, 9.17) is 0 Å². The van der Waals surface area contributed by atoms with Gasteiger partial charge in [-0.3, -0.25) is 0 Å². The van der Waals surface area contributed by atoms with Crippen LogP contribution >= 0.6 is 0 Å². The van der Waals surface area contributed by atoms with Crippen LogP contribution in [0.1, 0.15) is 6.92 Å². The number of sulfonamides is 1. The van der Waals surface area contributed by atoms with E-state index in [1.165, 1.54) is 4.31 Å². The summed E-state index contributed by atoms with van der Waals surface area (Å²) >= 11 is 0. The van der Waals surface area contributed by atoms with Crippen LogP contribution in [0.3, 0.4) is 0 Å². The molecular weight excluding hydrogens is 264 g/mol. The summed E-state index contributed by atoms with van der Waals surface area (Å²) in [6.07, 6.45) is 0. The molecule has 19 heavy (non-hydrogen) atoms. The standard InChI is InChI=1S/C12H16N4O2S/c1-9-8-16(7-6-13-9)19(17,18)12-14-10-4-2-3-5-11(10)15-12/h2-5,9,13H,6-8H2,1H3,(H,14,15)/t9-/m1/s1. The molecule has 0 radical (unpaired) electrons. The lowest BCUT2D eigenvalue weighted by molar-refractivity contribution is 0.308. The SMILES string of the molecule is C[C@@H]1CN(S(=O)(=O)c2nc3ccccc3[nH]2)CCN1. The largest absolute Gasteiger partial charge is 0.328 e. The van der Waals surface area contributed by atoms with Gasteiger partial charge in [0, 0.05) is 25.7 Å². The van der Waals surface area contributed by atoms with Gasteiger partial charge in [0.05, 0.1) is 11.0 Å². The van der Waals surface area contributed by atoms with Crippen LogP contribution < -0.4 is 5.32 Å². The van der Waals surface area contributed by atoms with Gasteiger partial charge < -0.3 is 10.3 Å². The molecule has 3 rings (SSSR count). The number of nitrogens with one attached hydrogen (secondary N) is 2. The van der Waals surface area contributed by atoms with Crippen LogP contribution in [0.2, 0.25) is 0 Å². The first-order chi connectivity index (χ1) is 9.07. The van der Waals surface area contributed by atoms with Crippen LogP contribution in [0.15, 0.2) is 29.4 Å². The van der Waals surface area contributed by atoms with E-state index in [1.54, 1.807) is 6.07 Å². The monoisotopic (exact) mass is 280 g/mol. The second kappa shape index (κ2) is 4.59. The predicted octanol–water partition coefficient (Wildman–Crippen LogP) is 0.545. The second-order valence-corrected chi connectivity index (χ2v) is 6.63. The van der Waals surface area contributed by atoms with Crippen molar-refractivity contribution in [2.75, 3.05) is 19.6 Å². The van der Waals surface area contributed by atoms with Gasteiger partial charge in [-0.05, 0) is 19.1 Å². The molecule has 1 atom stereocenters. The van der Waals surface area contributed by atoms with Gasteiger partial charge >= 0.3 is 0 Å². The van der Waals surface area contributed by atoms with E-state index in [-0.39, 0.29) is 11.2 Å². The number of aromatic amines is 1. The van der Waals surface area contributed by atoms with Gasteiger partial charge in [0.2, 0.25) is 5.16 Å². The zero-order valence-electron chi connectivity index (χ0n) is 10.6. The summed E-state index contributed by atoms with van der Waals surface area (Å²) in [5, 5.41) is 3.26. The average Bonchev–Trinajstić information content (AvgIpc) is 2.83. The predicted molar refractivity (Wildman–Crippen MR) is 72.3 cm³/mol. The van der Waals surface area contributed by atoms with Gasteiger partial charge in [-0.15, -0.1) is 0 Å². The number of H-pyrrole nitrogens is 1. The molecule has 0 unspecified atom stereocenters. The van der Waals surface area contributed by atoms with Crippen molar-refractivity contribution >= 4 is 21.1 Å². The third-order valence-corrected chi connectivity index (χ3v) is 4.98. The molecule has 2 aromatic rings. The Kier molecular flexibility index (Phi) is 3.04. The van der Waals surface area contributed by atoms with Crippen molar-refractivity contribution in [1.29, 1.82) is 0 Å². The van der Waals surface area contributed by atoms with Gasteiger partial charge in [0.15, 0.2) is 0 Å². The first kappa shape index (κ1) is 12.6. The Balaban J connectivity index is 1.99. The molecule has 102 valence electrons. The molecule has 6 nitrogen and oxygen atoms in total. The maximum Gasteiger partial charge on any atom is 0.276 e. The summed E-state index contributed by atoms with van der Waals surface area (Å²) in [6.45, 7) is 3.59. The van der Waals surface area contributed by atoms with Crippen molar-refractivity contribution in [3.63, 3.8) is 0 Å². The lowest BCUT2D eigenvalue weighted by Gasteiger charge is -2.30. The fraction of sp³-hybridized carbons (Fsp3) is 0.417. The van der Waals surface area contributed by atoms with Gasteiger partial charge in [0.1, 0.15) is 0 Å². The summed E-state index contributed by atoms with van der Waals surface area (Å²) in [7, 11) is -3.53. The lowest BCUT2D eigenvalue weighted by atomic mass is 10.3. The van der Waals surface area contributed by atoms with Gasteiger partial charge in [0.25, 0.3) is 10.0 Å². The van der Waals surface area contributed by atoms with Crippen molar-refractivity contribution in [2.24, 2.45) is 0 Å². The molecule has 7 heteroatoms. The first-order valence-electron chi connectivity index (χ1n) is 6.25. The fourth-order valence-electron chi connectivity index (χ4n) is 2.29. The van der Waals surface area contributed by atoms with Crippen molar-refractivity contribution in [1.82, 2.24) is 19.6 Å². The zero-order chi connectivity index (χ0) is 13.5. The summed E-state index contributed by atoms with van der Waals surface area (Å²) in [5.74, 6) is 0. The Bertz CT molecular complexity index is 662. The van der Waals surface area contributed by atoms with E-state index in [2.05, 4.69) is 15.3 Å². The van der Waals surface area contributed by atoms with Crippen LogP contribution in [0.5, 0.6) is 0 Å². The summed E-state index contributed by atoms with van der Waals surface area (Å²) in [5.41, 5.74) is 1.41. The molecule has 2 N–H and O–H groups in total. The Morgan fingerprint density at radius 1 is 1.37 bits per heavy atom. The molecule has 1 aliphatic heterocycles. The maximum absolute atomic E-state index is 12.5. The molecule has 0 spiro atoms. The first-order valence-corrected chi connectivity index (χ1v) is 7.69. The van der Waals surface area contributed by atoms with E-state index in [0.717, 1.165) is 5.52 Å². The number of hydrogen-bond acceptors (Lipinski definition) is 4. The molecule has 1 aliphatic rings. The van der Waals surface area contributed by atoms with Crippen molar-refractivity contribution in [2.45, 2.75) is 18.1 Å². The van der Waals surface area contributed by atoms with E-state index >= 15 is 0 Å². The molecule has 1 aromatic carbocycles. The molecule has 1 saturated heterocycles. The fourth-order valence-corrected chi connectivity index (χ4v) is 3.74. The smallest absolute Gasteiger partial charge is 0.276 e. The Morgan fingerprint density at radius 2 is 2.16 bits per heavy atom. The molecule has 1 fully saturated rings. The Hall–Kier alpha value is -1.44. The second-order valence-electron chi connectivity index (χ2n) is 4.78. The highest BCUT2D eigenvalue weighted by molar-refractivity contribution is 7.89. The van der Waals surface area contributed by atoms with Crippen molar-refractivity contribution in [3.05, 3.63) is 24.3 Å². The minimum absolute atomic E-state index is 0.0304. The maximum atomic E-state index is 12.5. The van der Waals surface area contributed by atoms with Crippen LogP contribution in [0.4, 0.5) is 0 Å². The van der Waals surface area contributed by atoms with Crippen LogP contribution in [0.25, 0.3) is 11.0 Å². The number of fused-ring (bicyclic) bond motifs is 1. The number of nitrogens with zero attached hydrogens (tertiary/aromatic N) is 2. The highest BCUT2D eigenvalue weighted by Gasteiger charge is 2.30. The average molecular weight is 280 g/mol. The summed E-state index contributed by atoms with van der Waals surface area (Å²) < 4.78 is 26.5. The third-order valence-electron chi connectivity index (χ3n) is 3.28. The highest BCUT2D eigenvalue weighted by Crippen LogP contribution is 2.18. The number of rotatable bonds is 2. The van der Waals surface area contributed by atoms with Crippen molar-refractivity contribution < 1.29 is 8.42 Å². The number of imidazole rings is 1. The van der Waals surface area contributed by atoms with E-state index in [1.807, 2.05) is 25.1 Å². The molecule has 1 aromatic heterocycles. The highest BCUT2D eigenvalue weighted by atomic mass is 32.2. The minimum atomic E-state index is -3.53. The minimum Gasteiger partial charge on any atom is -0.328 e. The van der Waals surface area contributed by atoms with Crippen LogP contribution in [-0.4, -0.2) is 48.4 Å². The normalized spacial score (nSPS) is 21.8. The van der Waals surface area contributed by atoms with Gasteiger partial charge in [-0.1, -0.05) is 12.1 Å². The summed E-state index contributed by atoms with van der Waals surface area (Å²) in [4.78, 5) is 7.07. The molecule has 0 aliphatic carbocycles. The number of aromatic nitrogens is 2. The zero-order valence-corrected chi connectivity index (χ0v) is 11.4. The molecular formula is C12H16N4O2S. The van der Waals surface area contributed by atoms with Crippen LogP contribution in [0, 0.1) is 0 Å². The number of para-hydroxylation sites is 2. The third kappa shape index (κ3) is 2.24. The molecule has 0 bridgehead atoms. The van der Waals surface area contributed by atoms with E-state index in [0.29, 0.717) is 25.2 Å². The molecule has 0 saturated carbocycles. The van der Waals surface area contributed by atoms with Crippen LogP contribution in [-0.2, 0) is 10.0 Å². The van der Waals surface area contributed by atoms with Crippen molar-refractivity contribution in [3.8, 4) is 0 Å². The Labute approximate surface area is 111 Å². The van der Waals surface area contributed by atoms with Gasteiger partial charge in [-0.2, -0.15) is 4.31 Å². The molecule has 2 heterocycles. The Morgan fingerprint density at radius 3 is 2.89 bits per heavy atom. The quantitative estimate of drug-likeness (QED) is 0.842.